The van der Waals surface area contributed by atoms with E-state index in [0.29, 0.717) is 134 Å². The molecule has 1 atom stereocenters. The monoisotopic (exact) mass is 1930 g/mol. The molecule has 0 fully saturated rings. The number of hydrogen-bond acceptors (Lipinski definition) is 18. The molecule has 0 aliphatic rings. The van der Waals surface area contributed by atoms with Crippen LogP contribution in [0.4, 0.5) is 8.78 Å². The highest BCUT2D eigenvalue weighted by Crippen LogP contribution is 2.39. The summed E-state index contributed by atoms with van der Waals surface area (Å²) >= 11 is 48.2. The SMILES string of the molecule is CCC(=O)c1ccc(O)c(Cl)c1.CCC(=O)c1ccc(OCc2ccc(OC)cc2)c(Cl)c1.CCC(=O)c1ccc(Oc2ccc(Br)cn2)c(Cl)c1.CCC(F)(F)c1ccc(Oc2ccc(Br)cn2)c(Cl)c1.CCC(O)c1ccc(OCc2ccc(OC)cc2)c(Cl)c1.COc1ccc(COc2ccc(OC)cc2Cl)cc1.COc1ccc(O)c(Cl)c1. The number of benzene rings is 10. The van der Waals surface area contributed by atoms with Crippen molar-refractivity contribution >= 4 is 130 Å². The molecule has 0 saturated carbocycles. The van der Waals surface area contributed by atoms with Crippen molar-refractivity contribution in [2.24, 2.45) is 0 Å². The molecule has 644 valence electrons. The van der Waals surface area contributed by atoms with E-state index in [2.05, 4.69) is 41.8 Å². The number of hydrogen-bond donors (Lipinski definition) is 3. The van der Waals surface area contributed by atoms with Crippen molar-refractivity contribution in [3.8, 4) is 80.8 Å². The molecule has 0 aliphatic heterocycles. The minimum absolute atomic E-state index is 0.00400. The van der Waals surface area contributed by atoms with Gasteiger partial charge in [0.25, 0.3) is 5.92 Å². The highest BCUT2D eigenvalue weighted by Gasteiger charge is 2.30. The maximum absolute atomic E-state index is 13.6. The van der Waals surface area contributed by atoms with E-state index in [-0.39, 0.29) is 56.6 Å². The van der Waals surface area contributed by atoms with Gasteiger partial charge in [-0.3, -0.25) is 14.4 Å². The number of methoxy groups -OCH3 is 5. The van der Waals surface area contributed by atoms with Gasteiger partial charge in [-0.2, -0.15) is 0 Å². The highest BCUT2D eigenvalue weighted by molar-refractivity contribution is 9.10. The molecule has 0 bridgehead atoms. The largest absolute Gasteiger partial charge is 0.506 e. The summed E-state index contributed by atoms with van der Waals surface area (Å²) in [5.41, 5.74) is 5.52. The van der Waals surface area contributed by atoms with Gasteiger partial charge in [-0.05, 0) is 218 Å². The number of carbonyl (C=O) groups excluding carboxylic acids is 3. The van der Waals surface area contributed by atoms with Gasteiger partial charge in [-0.25, -0.2) is 18.7 Å². The molecule has 12 aromatic rings. The number of ketones is 3. The molecule has 1 unspecified atom stereocenters. The normalized spacial score (nSPS) is 10.6. The molecule has 10 aromatic carbocycles. The molecule has 0 aliphatic carbocycles. The number of ether oxygens (including phenoxy) is 10. The van der Waals surface area contributed by atoms with Crippen molar-refractivity contribution in [3.05, 3.63) is 325 Å². The molecule has 29 heteroatoms. The Bertz CT molecular complexity index is 5300. The van der Waals surface area contributed by atoms with Crippen LogP contribution in [0.2, 0.25) is 35.2 Å². The Morgan fingerprint density at radius 2 is 0.689 bits per heavy atom. The summed E-state index contributed by atoms with van der Waals surface area (Å²) in [5.74, 6) is 4.49. The lowest BCUT2D eigenvalue weighted by atomic mass is 10.1. The second-order valence-corrected chi connectivity index (χ2v) is 30.1. The van der Waals surface area contributed by atoms with Crippen LogP contribution in [0.5, 0.6) is 80.8 Å². The number of aromatic nitrogens is 2. The van der Waals surface area contributed by atoms with Crippen LogP contribution in [0.25, 0.3) is 0 Å². The number of halogens is 11. The molecular weight excluding hydrogens is 1850 g/mol. The average Bonchev–Trinajstić information content (AvgIpc) is 0.833. The first-order valence-corrected chi connectivity index (χ1v) is 41.7. The lowest BCUT2D eigenvalue weighted by Gasteiger charge is -2.15. The molecule has 0 saturated heterocycles. The van der Waals surface area contributed by atoms with E-state index in [1.54, 1.807) is 152 Å². The molecule has 0 spiro atoms. The van der Waals surface area contributed by atoms with Crippen LogP contribution in [-0.4, -0.2) is 78.2 Å². The number of aliphatic hydroxyl groups is 1. The molecule has 12 rings (SSSR count). The summed E-state index contributed by atoms with van der Waals surface area (Å²) < 4.78 is 82.1. The van der Waals surface area contributed by atoms with Crippen molar-refractivity contribution in [1.82, 2.24) is 9.97 Å². The fourth-order valence-electron chi connectivity index (χ4n) is 9.99. The number of alkyl halides is 2. The topological polar surface area (TPSA) is 230 Å². The first kappa shape index (κ1) is 101. The van der Waals surface area contributed by atoms with Crippen LogP contribution in [-0.2, 0) is 25.7 Å². The number of nitrogens with zero attached hydrogens (tertiary/aromatic N) is 2. The van der Waals surface area contributed by atoms with Gasteiger partial charge in [0, 0.05) is 93.5 Å². The van der Waals surface area contributed by atoms with Gasteiger partial charge in [0.15, 0.2) is 17.3 Å². The van der Waals surface area contributed by atoms with Gasteiger partial charge in [0.05, 0.1) is 76.8 Å². The number of Topliss-reactive ketones (excluding diaryl/α,β-unsaturated/α-hetero) is 3. The van der Waals surface area contributed by atoms with Gasteiger partial charge >= 0.3 is 0 Å². The van der Waals surface area contributed by atoms with E-state index in [0.717, 1.165) is 48.4 Å². The fourth-order valence-corrected chi connectivity index (χ4v) is 12.0. The molecule has 2 aromatic heterocycles. The number of phenols is 2. The van der Waals surface area contributed by atoms with Crippen molar-refractivity contribution in [2.75, 3.05) is 35.5 Å². The predicted molar refractivity (Wildman–Crippen MR) is 486 cm³/mol. The molecule has 18 nitrogen and oxygen atoms in total. The van der Waals surface area contributed by atoms with Crippen LogP contribution >= 0.6 is 113 Å². The van der Waals surface area contributed by atoms with Crippen molar-refractivity contribution in [2.45, 2.75) is 98.6 Å². The Hall–Kier alpha value is -10.1. The first-order chi connectivity index (χ1) is 58.4. The zero-order chi connectivity index (χ0) is 89.4. The summed E-state index contributed by atoms with van der Waals surface area (Å²) in [6.07, 6.45) is 4.45. The predicted octanol–water partition coefficient (Wildman–Crippen LogP) is 28.2. The summed E-state index contributed by atoms with van der Waals surface area (Å²) in [5, 5.41) is 30.3. The second kappa shape index (κ2) is 52.4. The zero-order valence-corrected chi connectivity index (χ0v) is 76.4. The Labute approximate surface area is 760 Å². The van der Waals surface area contributed by atoms with E-state index >= 15 is 0 Å². The average molecular weight is 1940 g/mol. The van der Waals surface area contributed by atoms with Crippen LogP contribution in [0.1, 0.15) is 132 Å². The van der Waals surface area contributed by atoms with Crippen molar-refractivity contribution in [1.29, 1.82) is 0 Å². The zero-order valence-electron chi connectivity index (χ0n) is 68.0. The third kappa shape index (κ3) is 33.6. The Kier molecular flexibility index (Phi) is 43.3. The maximum Gasteiger partial charge on any atom is 0.273 e. The standard InChI is InChI=1S/C17H19ClO3.C17H17ClO3.C15H15ClO3.C14H11BrClF2NO.C14H11BrClNO2.C9H9ClO2.C7H7ClO2/c2*1-3-16(19)13-6-9-17(15(18)10-13)21-11-12-4-7-14(20-2)8-5-12;1-17-12-5-3-11(4-6-12)10-19-15-8-7-13(18-2)9-14(15)16;1-2-14(17,18)9-3-5-12(11(16)7-9)20-13-6-4-10(15)8-19-13;1-2-12(18)9-3-5-13(11(16)7-9)19-14-6-4-10(15)8-17-14;1-2-8(11)6-3-4-9(12)7(10)5-6;1-10-5-2-3-7(9)6(8)4-5/h4-10,16,19H,3,11H2,1-2H3;4-10H,3,11H2,1-2H3;3-9H,10H2,1-2H3;3-8H,2H2,1H3;3-8H,2H2,1H3;3-5,12H,2H2,1H3;2-4,9H,1H3. The molecule has 3 N–H and O–H groups in total. The Morgan fingerprint density at radius 1 is 0.377 bits per heavy atom. The molecule has 0 amide bonds. The van der Waals surface area contributed by atoms with Gasteiger partial charge in [0.2, 0.25) is 11.8 Å². The van der Waals surface area contributed by atoms with Crippen LogP contribution in [0.15, 0.2) is 246 Å². The minimum atomic E-state index is -2.89. The highest BCUT2D eigenvalue weighted by atomic mass is 79.9. The van der Waals surface area contributed by atoms with Crippen LogP contribution in [0, 0.1) is 0 Å². The van der Waals surface area contributed by atoms with Crippen molar-refractivity contribution in [3.63, 3.8) is 0 Å². The van der Waals surface area contributed by atoms with Gasteiger partial charge in [0.1, 0.15) is 88.8 Å². The third-order valence-electron chi connectivity index (χ3n) is 17.1. The quantitative estimate of drug-likeness (QED) is 0.0387. The van der Waals surface area contributed by atoms with E-state index in [9.17, 15) is 28.3 Å². The number of carbonyl (C=O) groups is 3. The van der Waals surface area contributed by atoms with E-state index < -0.39 is 12.0 Å². The molecule has 2 heterocycles. The minimum Gasteiger partial charge on any atom is -0.506 e. The first-order valence-electron chi connectivity index (χ1n) is 37.5. The lowest BCUT2D eigenvalue weighted by molar-refractivity contribution is -0.00832. The number of rotatable bonds is 28. The molecular formula is C93H89Br2Cl7F2N2O16. The number of aliphatic hydroxyl groups excluding tert-OH is 1. The summed E-state index contributed by atoms with van der Waals surface area (Å²) in [7, 11) is 8.05. The number of phenolic OH excluding ortho intramolecular Hbond substituents is 2. The molecule has 122 heavy (non-hydrogen) atoms. The summed E-state index contributed by atoms with van der Waals surface area (Å²) in [6, 6.07) is 63.9. The fraction of sp³-hybridized carbons (Fsp3) is 0.215. The smallest absolute Gasteiger partial charge is 0.273 e. The Balaban J connectivity index is 0.000000223. The Morgan fingerprint density at radius 3 is 1.02 bits per heavy atom. The second-order valence-electron chi connectivity index (χ2n) is 25.5. The summed E-state index contributed by atoms with van der Waals surface area (Å²) in [6.45, 7) is 10.1. The number of pyridine rings is 2. The number of aromatic hydroxyl groups is 2. The van der Waals surface area contributed by atoms with Gasteiger partial charge < -0.3 is 62.7 Å². The van der Waals surface area contributed by atoms with E-state index in [4.69, 9.17) is 139 Å². The van der Waals surface area contributed by atoms with E-state index in [1.807, 2.05) is 112 Å². The van der Waals surface area contributed by atoms with Gasteiger partial charge in [-0.1, -0.05) is 158 Å². The lowest BCUT2D eigenvalue weighted by Crippen LogP contribution is -2.11. The third-order valence-corrected chi connectivity index (χ3v) is 20.1. The summed E-state index contributed by atoms with van der Waals surface area (Å²) in [4.78, 5) is 42.4. The van der Waals surface area contributed by atoms with Crippen LogP contribution in [0.3, 0.4) is 0 Å². The molecule has 0 radical (unpaired) electrons. The van der Waals surface area contributed by atoms with Gasteiger partial charge in [-0.15, -0.1) is 0 Å². The van der Waals surface area contributed by atoms with Crippen LogP contribution < -0.4 is 47.4 Å². The van der Waals surface area contributed by atoms with Crippen molar-refractivity contribution < 1.29 is 85.9 Å². The maximum atomic E-state index is 13.6. The van der Waals surface area contributed by atoms with E-state index in [1.165, 1.54) is 43.3 Å².